The molecule has 1 aromatic rings. The maximum Gasteiger partial charge on any atom is 0.273 e. The van der Waals surface area contributed by atoms with Gasteiger partial charge in [-0.15, -0.1) is 11.6 Å². The Hall–Kier alpha value is -1.08. The summed E-state index contributed by atoms with van der Waals surface area (Å²) in [6, 6.07) is 0.818. The lowest BCUT2D eigenvalue weighted by molar-refractivity contribution is 0.0932. The van der Waals surface area contributed by atoms with Crippen LogP contribution in [0, 0.1) is 0 Å². The van der Waals surface area contributed by atoms with E-state index in [-0.39, 0.29) is 17.2 Å². The number of carbonyl (C=O) groups is 1. The molecule has 0 bridgehead atoms. The van der Waals surface area contributed by atoms with Crippen LogP contribution in [-0.4, -0.2) is 42.4 Å². The van der Waals surface area contributed by atoms with Gasteiger partial charge in [0, 0.05) is 6.07 Å². The molecular formula is C8H9ClN2O4S. The lowest BCUT2D eigenvalue weighted by Gasteiger charge is -2.12. The zero-order valence-electron chi connectivity index (χ0n) is 8.09. The number of halogens is 1. The van der Waals surface area contributed by atoms with Crippen molar-refractivity contribution in [1.29, 1.82) is 0 Å². The van der Waals surface area contributed by atoms with Crippen LogP contribution in [0.5, 0.6) is 0 Å². The van der Waals surface area contributed by atoms with E-state index in [2.05, 4.69) is 15.0 Å². The fourth-order valence-electron chi connectivity index (χ4n) is 1.51. The van der Waals surface area contributed by atoms with Crippen LogP contribution < -0.4 is 5.32 Å². The van der Waals surface area contributed by atoms with E-state index in [0.717, 1.165) is 0 Å². The third-order valence-corrected chi connectivity index (χ3v) is 4.65. The number of aromatic nitrogens is 1. The number of nitrogens with one attached hydrogen (secondary N) is 1. The SMILES string of the molecule is O=C(NC1CS(=O)(=O)CC1Cl)c1ccon1. The monoisotopic (exact) mass is 264 g/mol. The Morgan fingerprint density at radius 1 is 1.56 bits per heavy atom. The molecule has 1 saturated heterocycles. The van der Waals surface area contributed by atoms with Crippen molar-refractivity contribution in [2.75, 3.05) is 11.5 Å². The molecular weight excluding hydrogens is 256 g/mol. The van der Waals surface area contributed by atoms with Gasteiger partial charge < -0.3 is 9.84 Å². The first kappa shape index (κ1) is 11.4. The van der Waals surface area contributed by atoms with Crippen molar-refractivity contribution in [2.24, 2.45) is 0 Å². The van der Waals surface area contributed by atoms with Gasteiger partial charge in [0.1, 0.15) is 6.26 Å². The number of rotatable bonds is 2. The molecule has 6 nitrogen and oxygen atoms in total. The minimum Gasteiger partial charge on any atom is -0.364 e. The summed E-state index contributed by atoms with van der Waals surface area (Å²) >= 11 is 5.83. The van der Waals surface area contributed by atoms with Crippen molar-refractivity contribution in [1.82, 2.24) is 10.5 Å². The first-order valence-corrected chi connectivity index (χ1v) is 6.79. The Labute approximate surface area is 96.9 Å². The molecule has 8 heteroatoms. The average molecular weight is 265 g/mol. The van der Waals surface area contributed by atoms with E-state index in [1.165, 1.54) is 12.3 Å². The molecule has 1 aliphatic heterocycles. The van der Waals surface area contributed by atoms with Crippen LogP contribution >= 0.6 is 11.6 Å². The highest BCUT2D eigenvalue weighted by Crippen LogP contribution is 2.18. The van der Waals surface area contributed by atoms with Crippen LogP contribution in [0.25, 0.3) is 0 Å². The number of carbonyl (C=O) groups excluding carboxylic acids is 1. The van der Waals surface area contributed by atoms with Crippen molar-refractivity contribution in [2.45, 2.75) is 11.4 Å². The van der Waals surface area contributed by atoms with Gasteiger partial charge in [0.05, 0.1) is 22.9 Å². The van der Waals surface area contributed by atoms with Gasteiger partial charge in [-0.2, -0.15) is 0 Å². The number of sulfone groups is 1. The van der Waals surface area contributed by atoms with E-state index in [4.69, 9.17) is 11.6 Å². The smallest absolute Gasteiger partial charge is 0.273 e. The third-order valence-electron chi connectivity index (χ3n) is 2.27. The maximum absolute atomic E-state index is 11.5. The lowest BCUT2D eigenvalue weighted by atomic mass is 10.2. The molecule has 1 aliphatic rings. The van der Waals surface area contributed by atoms with E-state index in [0.29, 0.717) is 0 Å². The fraction of sp³-hybridized carbons (Fsp3) is 0.500. The van der Waals surface area contributed by atoms with Crippen LogP contribution in [0.4, 0.5) is 0 Å². The summed E-state index contributed by atoms with van der Waals surface area (Å²) in [4.78, 5) is 11.5. The van der Waals surface area contributed by atoms with Crippen molar-refractivity contribution in [3.63, 3.8) is 0 Å². The molecule has 1 fully saturated rings. The Morgan fingerprint density at radius 3 is 2.81 bits per heavy atom. The van der Waals surface area contributed by atoms with E-state index in [9.17, 15) is 13.2 Å². The van der Waals surface area contributed by atoms with E-state index in [1.807, 2.05) is 0 Å². The summed E-state index contributed by atoms with van der Waals surface area (Å²) in [5.41, 5.74) is 0.105. The summed E-state index contributed by atoms with van der Waals surface area (Å²) in [7, 11) is -3.15. The third kappa shape index (κ3) is 2.35. The Kier molecular flexibility index (Phi) is 2.90. The summed E-state index contributed by atoms with van der Waals surface area (Å²) < 4.78 is 27.0. The molecule has 0 aromatic carbocycles. The minimum atomic E-state index is -3.15. The quantitative estimate of drug-likeness (QED) is 0.748. The second-order valence-electron chi connectivity index (χ2n) is 3.56. The molecule has 0 saturated carbocycles. The van der Waals surface area contributed by atoms with E-state index in [1.54, 1.807) is 0 Å². The molecule has 2 rings (SSSR count). The van der Waals surface area contributed by atoms with Crippen LogP contribution in [0.1, 0.15) is 10.5 Å². The fourth-order valence-corrected chi connectivity index (χ4v) is 4.06. The number of hydrogen-bond donors (Lipinski definition) is 1. The number of amides is 1. The average Bonchev–Trinajstić information content (AvgIpc) is 2.74. The Morgan fingerprint density at radius 2 is 2.31 bits per heavy atom. The second kappa shape index (κ2) is 4.06. The lowest BCUT2D eigenvalue weighted by Crippen LogP contribution is -2.40. The first-order chi connectivity index (χ1) is 7.48. The summed E-state index contributed by atoms with van der Waals surface area (Å²) in [5.74, 6) is -0.732. The van der Waals surface area contributed by atoms with Crippen molar-refractivity contribution in [3.8, 4) is 0 Å². The van der Waals surface area contributed by atoms with Gasteiger partial charge >= 0.3 is 0 Å². The van der Waals surface area contributed by atoms with Gasteiger partial charge in [-0.3, -0.25) is 4.79 Å². The van der Waals surface area contributed by atoms with Gasteiger partial charge in [-0.1, -0.05) is 5.16 Å². The van der Waals surface area contributed by atoms with Crippen LogP contribution in [0.2, 0.25) is 0 Å². The number of nitrogens with zero attached hydrogens (tertiary/aromatic N) is 1. The second-order valence-corrected chi connectivity index (χ2v) is 6.27. The minimum absolute atomic E-state index is 0.105. The van der Waals surface area contributed by atoms with Crippen molar-refractivity contribution in [3.05, 3.63) is 18.0 Å². The molecule has 1 amide bonds. The molecule has 88 valence electrons. The van der Waals surface area contributed by atoms with Gasteiger partial charge in [-0.05, 0) is 0 Å². The van der Waals surface area contributed by atoms with E-state index >= 15 is 0 Å². The molecule has 0 radical (unpaired) electrons. The first-order valence-electron chi connectivity index (χ1n) is 4.54. The highest BCUT2D eigenvalue weighted by atomic mass is 35.5. The van der Waals surface area contributed by atoms with E-state index < -0.39 is 27.2 Å². The Balaban J connectivity index is 2.04. The zero-order chi connectivity index (χ0) is 11.8. The van der Waals surface area contributed by atoms with Gasteiger partial charge in [-0.25, -0.2) is 8.42 Å². The summed E-state index contributed by atoms with van der Waals surface area (Å²) in [6.07, 6.45) is 1.26. The summed E-state index contributed by atoms with van der Waals surface area (Å²) in [6.45, 7) is 0. The molecule has 0 spiro atoms. The highest BCUT2D eigenvalue weighted by Gasteiger charge is 2.37. The topological polar surface area (TPSA) is 89.3 Å². The molecule has 2 unspecified atom stereocenters. The largest absolute Gasteiger partial charge is 0.364 e. The number of alkyl halides is 1. The van der Waals surface area contributed by atoms with Gasteiger partial charge in [0.2, 0.25) is 0 Å². The Bertz CT molecular complexity index is 484. The summed E-state index contributed by atoms with van der Waals surface area (Å²) in [5, 5.41) is 5.36. The van der Waals surface area contributed by atoms with Gasteiger partial charge in [0.15, 0.2) is 15.5 Å². The predicted molar refractivity (Wildman–Crippen MR) is 56.1 cm³/mol. The molecule has 2 heterocycles. The van der Waals surface area contributed by atoms with Crippen LogP contribution in [-0.2, 0) is 9.84 Å². The standard InChI is InChI=1S/C8H9ClN2O4S/c9-5-3-16(13,14)4-7(5)10-8(12)6-1-2-15-11-6/h1-2,5,7H,3-4H2,(H,10,12). The van der Waals surface area contributed by atoms with Crippen LogP contribution in [0.3, 0.4) is 0 Å². The van der Waals surface area contributed by atoms with Crippen molar-refractivity contribution < 1.29 is 17.7 Å². The highest BCUT2D eigenvalue weighted by molar-refractivity contribution is 7.91. The van der Waals surface area contributed by atoms with Gasteiger partial charge in [0.25, 0.3) is 5.91 Å². The molecule has 1 aromatic heterocycles. The molecule has 1 N–H and O–H groups in total. The predicted octanol–water partition coefficient (Wildman–Crippen LogP) is -0.191. The maximum atomic E-state index is 11.5. The zero-order valence-corrected chi connectivity index (χ0v) is 9.66. The molecule has 16 heavy (non-hydrogen) atoms. The van der Waals surface area contributed by atoms with Crippen molar-refractivity contribution >= 4 is 27.3 Å². The number of hydrogen-bond acceptors (Lipinski definition) is 5. The van der Waals surface area contributed by atoms with Crippen LogP contribution in [0.15, 0.2) is 16.9 Å². The molecule has 0 aliphatic carbocycles. The normalized spacial score (nSPS) is 27.8. The molecule has 2 atom stereocenters.